The van der Waals surface area contributed by atoms with E-state index < -0.39 is 11.7 Å². The van der Waals surface area contributed by atoms with Gasteiger partial charge in [0.25, 0.3) is 5.91 Å². The number of hydrogen-bond donors (Lipinski definition) is 1. The first-order chi connectivity index (χ1) is 13.7. The topological polar surface area (TPSA) is 91.7 Å². The van der Waals surface area contributed by atoms with Crippen molar-refractivity contribution in [3.05, 3.63) is 59.7 Å². The lowest BCUT2D eigenvalue weighted by Gasteiger charge is -2.24. The molecular formula is C22H25N3O4. The number of carbonyl (C=O) groups is 2. The molecule has 2 amide bonds. The number of amides is 2. The number of carbonyl (C=O) groups excluding carboxylic acids is 2. The zero-order valence-corrected chi connectivity index (χ0v) is 17.1. The first-order valence-corrected chi connectivity index (χ1v) is 9.12. The highest BCUT2D eigenvalue weighted by molar-refractivity contribution is 5.91. The van der Waals surface area contributed by atoms with Crippen LogP contribution in [0.3, 0.4) is 0 Å². The number of nitrogens with zero attached hydrogens (tertiary/aromatic N) is 2. The van der Waals surface area contributed by atoms with Crippen molar-refractivity contribution in [3.63, 3.8) is 0 Å². The van der Waals surface area contributed by atoms with E-state index in [0.717, 1.165) is 5.56 Å². The average molecular weight is 395 g/mol. The normalized spacial score (nSPS) is 10.6. The summed E-state index contributed by atoms with van der Waals surface area (Å²) >= 11 is 0. The lowest BCUT2D eigenvalue weighted by Crippen LogP contribution is -2.33. The molecule has 0 aliphatic carbocycles. The minimum absolute atomic E-state index is 0.159. The van der Waals surface area contributed by atoms with E-state index in [2.05, 4.69) is 5.32 Å². The molecule has 0 saturated carbocycles. The number of hydrogen-bond acceptors (Lipinski definition) is 5. The second-order valence-corrected chi connectivity index (χ2v) is 7.51. The van der Waals surface area contributed by atoms with E-state index in [4.69, 9.17) is 14.7 Å². The highest BCUT2D eigenvalue weighted by atomic mass is 16.6. The van der Waals surface area contributed by atoms with Crippen molar-refractivity contribution in [2.24, 2.45) is 0 Å². The molecule has 2 aromatic rings. The monoisotopic (exact) mass is 395 g/mol. The molecule has 1 N–H and O–H groups in total. The van der Waals surface area contributed by atoms with Crippen LogP contribution in [0.5, 0.6) is 5.75 Å². The van der Waals surface area contributed by atoms with E-state index in [0.29, 0.717) is 23.5 Å². The smallest absolute Gasteiger partial charge is 0.410 e. The van der Waals surface area contributed by atoms with Crippen LogP contribution in [0.25, 0.3) is 0 Å². The summed E-state index contributed by atoms with van der Waals surface area (Å²) in [6.45, 7) is 5.63. The molecule has 0 saturated heterocycles. The Hall–Kier alpha value is -3.53. The summed E-state index contributed by atoms with van der Waals surface area (Å²) in [4.78, 5) is 25.7. The van der Waals surface area contributed by atoms with Gasteiger partial charge in [0.2, 0.25) is 0 Å². The second kappa shape index (κ2) is 9.60. The van der Waals surface area contributed by atoms with Gasteiger partial charge in [0.1, 0.15) is 11.4 Å². The van der Waals surface area contributed by atoms with Gasteiger partial charge in [-0.1, -0.05) is 12.1 Å². The van der Waals surface area contributed by atoms with Crippen LogP contribution in [0.15, 0.2) is 48.5 Å². The molecule has 7 nitrogen and oxygen atoms in total. The van der Waals surface area contributed by atoms with Crippen molar-refractivity contribution in [1.29, 1.82) is 5.26 Å². The van der Waals surface area contributed by atoms with Gasteiger partial charge in [0.05, 0.1) is 11.6 Å². The van der Waals surface area contributed by atoms with E-state index in [1.54, 1.807) is 49.5 Å². The molecule has 0 heterocycles. The van der Waals surface area contributed by atoms with Crippen molar-refractivity contribution in [1.82, 2.24) is 4.90 Å². The maximum atomic E-state index is 12.1. The van der Waals surface area contributed by atoms with E-state index in [1.165, 1.54) is 4.90 Å². The summed E-state index contributed by atoms with van der Waals surface area (Å²) < 4.78 is 10.8. The van der Waals surface area contributed by atoms with E-state index in [-0.39, 0.29) is 12.5 Å². The van der Waals surface area contributed by atoms with Gasteiger partial charge in [-0.25, -0.2) is 4.79 Å². The van der Waals surface area contributed by atoms with Gasteiger partial charge in [-0.3, -0.25) is 4.79 Å². The Morgan fingerprint density at radius 2 is 1.83 bits per heavy atom. The fourth-order valence-corrected chi connectivity index (χ4v) is 2.40. The summed E-state index contributed by atoms with van der Waals surface area (Å²) in [5.41, 5.74) is 1.42. The number of nitrogens with one attached hydrogen (secondary N) is 1. The van der Waals surface area contributed by atoms with Crippen LogP contribution in [0, 0.1) is 11.3 Å². The standard InChI is InChI=1S/C22H25N3O4/c1-22(2,3)29-21(27)25(4)14-17-6-5-7-18(12-17)24-20(26)15-28-19-10-8-16(13-23)9-11-19/h5-12H,14-15H2,1-4H3,(H,24,26). The van der Waals surface area contributed by atoms with Crippen LogP contribution in [0.2, 0.25) is 0 Å². The van der Waals surface area contributed by atoms with Crippen LogP contribution >= 0.6 is 0 Å². The van der Waals surface area contributed by atoms with Crippen molar-refractivity contribution in [2.45, 2.75) is 32.9 Å². The van der Waals surface area contributed by atoms with Crippen LogP contribution in [0.4, 0.5) is 10.5 Å². The van der Waals surface area contributed by atoms with Gasteiger partial charge in [0.15, 0.2) is 6.61 Å². The Morgan fingerprint density at radius 1 is 1.14 bits per heavy atom. The molecule has 2 rings (SSSR count). The van der Waals surface area contributed by atoms with Crippen molar-refractivity contribution in [2.75, 3.05) is 19.0 Å². The van der Waals surface area contributed by atoms with Crippen LogP contribution in [0.1, 0.15) is 31.9 Å². The Labute approximate surface area is 170 Å². The van der Waals surface area contributed by atoms with Crippen molar-refractivity contribution >= 4 is 17.7 Å². The SMILES string of the molecule is CN(Cc1cccc(NC(=O)COc2ccc(C#N)cc2)c1)C(=O)OC(C)(C)C. The Morgan fingerprint density at radius 3 is 2.45 bits per heavy atom. The molecule has 29 heavy (non-hydrogen) atoms. The van der Waals surface area contributed by atoms with E-state index >= 15 is 0 Å². The first kappa shape index (κ1) is 21.8. The molecule has 0 fully saturated rings. The Bertz CT molecular complexity index is 896. The quantitative estimate of drug-likeness (QED) is 0.800. The van der Waals surface area contributed by atoms with Crippen LogP contribution < -0.4 is 10.1 Å². The van der Waals surface area contributed by atoms with Gasteiger partial charge in [0, 0.05) is 19.3 Å². The fourth-order valence-electron chi connectivity index (χ4n) is 2.40. The largest absolute Gasteiger partial charge is 0.484 e. The fraction of sp³-hybridized carbons (Fsp3) is 0.318. The molecule has 0 spiro atoms. The minimum Gasteiger partial charge on any atom is -0.484 e. The molecule has 0 atom stereocenters. The average Bonchev–Trinajstić information content (AvgIpc) is 2.65. The molecule has 2 aromatic carbocycles. The highest BCUT2D eigenvalue weighted by Gasteiger charge is 2.19. The number of ether oxygens (including phenoxy) is 2. The molecule has 0 aliphatic rings. The van der Waals surface area contributed by atoms with Crippen LogP contribution in [-0.4, -0.2) is 36.2 Å². The third-order valence-electron chi connectivity index (χ3n) is 3.69. The molecule has 0 radical (unpaired) electrons. The molecule has 0 unspecified atom stereocenters. The highest BCUT2D eigenvalue weighted by Crippen LogP contribution is 2.15. The molecule has 0 aromatic heterocycles. The summed E-state index contributed by atoms with van der Waals surface area (Å²) in [7, 11) is 1.66. The molecule has 152 valence electrons. The van der Waals surface area contributed by atoms with Gasteiger partial charge in [-0.15, -0.1) is 0 Å². The van der Waals surface area contributed by atoms with Crippen molar-refractivity contribution < 1.29 is 19.1 Å². The Kier molecular flexibility index (Phi) is 7.21. The maximum absolute atomic E-state index is 12.1. The second-order valence-electron chi connectivity index (χ2n) is 7.51. The lowest BCUT2D eigenvalue weighted by atomic mass is 10.2. The first-order valence-electron chi connectivity index (χ1n) is 9.12. The Balaban J connectivity index is 1.89. The predicted octanol–water partition coefficient (Wildman–Crippen LogP) is 3.94. The summed E-state index contributed by atoms with van der Waals surface area (Å²) in [5.74, 6) is 0.193. The van der Waals surface area contributed by atoms with Gasteiger partial charge >= 0.3 is 6.09 Å². The zero-order valence-electron chi connectivity index (χ0n) is 17.1. The van der Waals surface area contributed by atoms with E-state index in [1.807, 2.05) is 32.9 Å². The van der Waals surface area contributed by atoms with E-state index in [9.17, 15) is 9.59 Å². The van der Waals surface area contributed by atoms with Gasteiger partial charge in [-0.05, 0) is 62.7 Å². The molecule has 0 bridgehead atoms. The summed E-state index contributed by atoms with van der Waals surface area (Å²) in [6.07, 6.45) is -0.414. The lowest BCUT2D eigenvalue weighted by molar-refractivity contribution is -0.118. The van der Waals surface area contributed by atoms with Crippen molar-refractivity contribution in [3.8, 4) is 11.8 Å². The molecule has 0 aliphatic heterocycles. The summed E-state index contributed by atoms with van der Waals surface area (Å²) in [6, 6.07) is 15.8. The summed E-state index contributed by atoms with van der Waals surface area (Å²) in [5, 5.41) is 11.5. The zero-order chi connectivity index (χ0) is 21.4. The molecular weight excluding hydrogens is 370 g/mol. The van der Waals surface area contributed by atoms with Gasteiger partial charge in [-0.2, -0.15) is 5.26 Å². The number of nitriles is 1. The third-order valence-corrected chi connectivity index (χ3v) is 3.69. The number of benzene rings is 2. The third kappa shape index (κ3) is 7.54. The number of rotatable bonds is 6. The number of anilines is 1. The minimum atomic E-state index is -0.559. The predicted molar refractivity (Wildman–Crippen MR) is 109 cm³/mol. The van der Waals surface area contributed by atoms with Gasteiger partial charge < -0.3 is 19.7 Å². The maximum Gasteiger partial charge on any atom is 0.410 e. The van der Waals surface area contributed by atoms with Crippen LogP contribution in [-0.2, 0) is 16.1 Å². The molecule has 7 heteroatoms.